The molecule has 0 aliphatic carbocycles. The molecular weight excluding hydrogens is 174 g/mol. The Bertz CT molecular complexity index is 271. The molecule has 1 aromatic carbocycles. The van der Waals surface area contributed by atoms with Gasteiger partial charge in [0.15, 0.2) is 0 Å². The van der Waals surface area contributed by atoms with E-state index in [9.17, 15) is 0 Å². The summed E-state index contributed by atoms with van der Waals surface area (Å²) < 4.78 is 0. The van der Waals surface area contributed by atoms with Crippen LogP contribution in [0.15, 0.2) is 24.3 Å². The fourth-order valence-corrected chi connectivity index (χ4v) is 1.44. The minimum absolute atomic E-state index is 0.170. The minimum atomic E-state index is 0.170. The van der Waals surface area contributed by atoms with E-state index in [0.29, 0.717) is 0 Å². The first-order valence-corrected chi connectivity index (χ1v) is 4.21. The fraction of sp³-hybridized carbons (Fsp3) is 0.250. The third-order valence-corrected chi connectivity index (χ3v) is 2.06. The Labute approximate surface area is 76.1 Å². The van der Waals surface area contributed by atoms with Gasteiger partial charge in [-0.2, -0.15) is 0 Å². The first-order valence-electron chi connectivity index (χ1n) is 3.83. The highest BCUT2D eigenvalue weighted by atomic mass is 35.5. The molecule has 4 heteroatoms. The highest BCUT2D eigenvalue weighted by molar-refractivity contribution is 6.30. The molecular formula is C8H10ClN3. The summed E-state index contributed by atoms with van der Waals surface area (Å²) in [5, 5.41) is 3.99. The molecule has 1 aliphatic rings. The normalized spacial score (nSPS) is 22.9. The third-order valence-electron chi connectivity index (χ3n) is 1.82. The van der Waals surface area contributed by atoms with Crippen LogP contribution in [0, 0.1) is 0 Å². The van der Waals surface area contributed by atoms with Crippen molar-refractivity contribution in [1.29, 1.82) is 0 Å². The molecule has 0 amide bonds. The van der Waals surface area contributed by atoms with Crippen molar-refractivity contribution in [2.75, 3.05) is 6.67 Å². The SMILES string of the molecule is Clc1cccc(C2NCNN2)c1. The van der Waals surface area contributed by atoms with Crippen molar-refractivity contribution in [3.05, 3.63) is 34.9 Å². The number of benzene rings is 1. The van der Waals surface area contributed by atoms with E-state index in [1.54, 1.807) is 0 Å². The van der Waals surface area contributed by atoms with Crippen LogP contribution in [0.5, 0.6) is 0 Å². The van der Waals surface area contributed by atoms with E-state index in [1.165, 1.54) is 0 Å². The first kappa shape index (κ1) is 8.01. The molecule has 3 N–H and O–H groups in total. The van der Waals surface area contributed by atoms with Gasteiger partial charge in [0.2, 0.25) is 0 Å². The molecule has 0 bridgehead atoms. The molecule has 3 nitrogen and oxygen atoms in total. The van der Waals surface area contributed by atoms with Crippen LogP contribution in [-0.4, -0.2) is 6.67 Å². The lowest BCUT2D eigenvalue weighted by Crippen LogP contribution is -2.25. The molecule has 2 rings (SSSR count). The zero-order chi connectivity index (χ0) is 8.39. The van der Waals surface area contributed by atoms with Gasteiger partial charge in [0, 0.05) is 5.02 Å². The Balaban J connectivity index is 2.21. The van der Waals surface area contributed by atoms with Gasteiger partial charge < -0.3 is 0 Å². The number of nitrogens with one attached hydrogen (secondary N) is 3. The number of hydrogen-bond acceptors (Lipinski definition) is 3. The summed E-state index contributed by atoms with van der Waals surface area (Å²) in [4.78, 5) is 0. The van der Waals surface area contributed by atoms with Gasteiger partial charge in [-0.15, -0.1) is 0 Å². The number of hydrogen-bond donors (Lipinski definition) is 3. The van der Waals surface area contributed by atoms with E-state index >= 15 is 0 Å². The van der Waals surface area contributed by atoms with Gasteiger partial charge in [0.05, 0.1) is 12.8 Å². The summed E-state index contributed by atoms with van der Waals surface area (Å²) in [6.07, 6.45) is 0.170. The highest BCUT2D eigenvalue weighted by Gasteiger charge is 2.13. The van der Waals surface area contributed by atoms with Crippen LogP contribution in [0.1, 0.15) is 11.7 Å². The molecule has 0 spiro atoms. The molecule has 64 valence electrons. The minimum Gasteiger partial charge on any atom is -0.283 e. The average Bonchev–Trinajstić information content (AvgIpc) is 2.56. The lowest BCUT2D eigenvalue weighted by atomic mass is 10.2. The molecule has 1 saturated heterocycles. The summed E-state index contributed by atoms with van der Waals surface area (Å²) in [5.41, 5.74) is 7.21. The first-order chi connectivity index (χ1) is 5.86. The maximum atomic E-state index is 5.85. The quantitative estimate of drug-likeness (QED) is 0.608. The van der Waals surface area contributed by atoms with Crippen LogP contribution in [-0.2, 0) is 0 Å². The number of halogens is 1. The zero-order valence-electron chi connectivity index (χ0n) is 6.47. The van der Waals surface area contributed by atoms with Crippen LogP contribution in [0.3, 0.4) is 0 Å². The van der Waals surface area contributed by atoms with Gasteiger partial charge in [0.25, 0.3) is 0 Å². The molecule has 1 aromatic rings. The standard InChI is InChI=1S/C8H10ClN3/c9-7-3-1-2-6(4-7)8-10-5-11-12-8/h1-4,8,10-12H,5H2. The van der Waals surface area contributed by atoms with E-state index in [-0.39, 0.29) is 6.17 Å². The fourth-order valence-electron chi connectivity index (χ4n) is 1.24. The Morgan fingerprint density at radius 2 is 2.33 bits per heavy atom. The van der Waals surface area contributed by atoms with E-state index in [2.05, 4.69) is 16.2 Å². The van der Waals surface area contributed by atoms with E-state index in [4.69, 9.17) is 11.6 Å². The van der Waals surface area contributed by atoms with Crippen LogP contribution in [0.25, 0.3) is 0 Å². The molecule has 1 heterocycles. The van der Waals surface area contributed by atoms with Gasteiger partial charge in [-0.3, -0.25) is 5.32 Å². The predicted octanol–water partition coefficient (Wildman–Crippen LogP) is 0.993. The number of hydrazine groups is 1. The molecule has 0 aromatic heterocycles. The second kappa shape index (κ2) is 3.41. The van der Waals surface area contributed by atoms with Gasteiger partial charge >= 0.3 is 0 Å². The summed E-state index contributed by atoms with van der Waals surface area (Å²) in [6, 6.07) is 7.79. The van der Waals surface area contributed by atoms with Crippen molar-refractivity contribution in [2.45, 2.75) is 6.17 Å². The summed E-state index contributed by atoms with van der Waals surface area (Å²) in [6.45, 7) is 0.775. The monoisotopic (exact) mass is 183 g/mol. The van der Waals surface area contributed by atoms with Gasteiger partial charge in [-0.1, -0.05) is 23.7 Å². The second-order valence-electron chi connectivity index (χ2n) is 2.69. The van der Waals surface area contributed by atoms with Crippen LogP contribution in [0.4, 0.5) is 0 Å². The third kappa shape index (κ3) is 1.59. The largest absolute Gasteiger partial charge is 0.283 e. The van der Waals surface area contributed by atoms with Gasteiger partial charge in [-0.05, 0) is 17.7 Å². The lowest BCUT2D eigenvalue weighted by molar-refractivity contribution is 0.555. The van der Waals surface area contributed by atoms with Gasteiger partial charge in [-0.25, -0.2) is 10.9 Å². The average molecular weight is 184 g/mol. The summed E-state index contributed by atoms with van der Waals surface area (Å²) in [5.74, 6) is 0. The molecule has 0 radical (unpaired) electrons. The van der Waals surface area contributed by atoms with Crippen molar-refractivity contribution in [2.24, 2.45) is 0 Å². The van der Waals surface area contributed by atoms with Crippen molar-refractivity contribution >= 4 is 11.6 Å². The smallest absolute Gasteiger partial charge is 0.0974 e. The van der Waals surface area contributed by atoms with Crippen molar-refractivity contribution in [3.63, 3.8) is 0 Å². The molecule has 1 aliphatic heterocycles. The van der Waals surface area contributed by atoms with Gasteiger partial charge in [0.1, 0.15) is 0 Å². The van der Waals surface area contributed by atoms with Crippen molar-refractivity contribution < 1.29 is 0 Å². The Morgan fingerprint density at radius 1 is 1.42 bits per heavy atom. The molecule has 12 heavy (non-hydrogen) atoms. The summed E-state index contributed by atoms with van der Waals surface area (Å²) in [7, 11) is 0. The van der Waals surface area contributed by atoms with Crippen molar-refractivity contribution in [1.82, 2.24) is 16.2 Å². The van der Waals surface area contributed by atoms with Crippen LogP contribution < -0.4 is 16.2 Å². The van der Waals surface area contributed by atoms with Crippen LogP contribution >= 0.6 is 11.6 Å². The van der Waals surface area contributed by atoms with Crippen LogP contribution in [0.2, 0.25) is 5.02 Å². The molecule has 1 fully saturated rings. The Morgan fingerprint density at radius 3 is 3.00 bits per heavy atom. The second-order valence-corrected chi connectivity index (χ2v) is 3.13. The van der Waals surface area contributed by atoms with E-state index < -0.39 is 0 Å². The molecule has 0 saturated carbocycles. The zero-order valence-corrected chi connectivity index (χ0v) is 7.23. The maximum Gasteiger partial charge on any atom is 0.0974 e. The topological polar surface area (TPSA) is 36.1 Å². The highest BCUT2D eigenvalue weighted by Crippen LogP contribution is 2.16. The molecule has 1 unspecified atom stereocenters. The Kier molecular flexibility index (Phi) is 2.28. The summed E-state index contributed by atoms with van der Waals surface area (Å²) >= 11 is 5.85. The Hall–Kier alpha value is -0.610. The van der Waals surface area contributed by atoms with Crippen molar-refractivity contribution in [3.8, 4) is 0 Å². The lowest BCUT2D eigenvalue weighted by Gasteiger charge is -2.09. The molecule has 1 atom stereocenters. The number of rotatable bonds is 1. The predicted molar refractivity (Wildman–Crippen MR) is 48.5 cm³/mol. The maximum absolute atomic E-state index is 5.85. The van der Waals surface area contributed by atoms with E-state index in [1.807, 2.05) is 24.3 Å². The van der Waals surface area contributed by atoms with E-state index in [0.717, 1.165) is 17.3 Å².